The van der Waals surface area contributed by atoms with Gasteiger partial charge in [0.2, 0.25) is 0 Å². The van der Waals surface area contributed by atoms with Gasteiger partial charge in [-0.15, -0.1) is 11.8 Å². The van der Waals surface area contributed by atoms with E-state index < -0.39 is 0 Å². The predicted octanol–water partition coefficient (Wildman–Crippen LogP) is 4.01. The molecule has 1 aromatic rings. The molecular formula is C16H27NOS. The Morgan fingerprint density at radius 1 is 1.26 bits per heavy atom. The Balaban J connectivity index is 2.49. The van der Waals surface area contributed by atoms with E-state index in [1.54, 1.807) is 7.11 Å². The molecule has 0 aliphatic carbocycles. The van der Waals surface area contributed by atoms with E-state index in [1.165, 1.54) is 16.0 Å². The minimum absolute atomic E-state index is 0.167. The van der Waals surface area contributed by atoms with Crippen molar-refractivity contribution in [3.8, 4) is 0 Å². The van der Waals surface area contributed by atoms with Crippen LogP contribution in [-0.4, -0.2) is 25.0 Å². The van der Waals surface area contributed by atoms with Crippen LogP contribution in [0.1, 0.15) is 38.3 Å². The monoisotopic (exact) mass is 281 g/mol. The normalized spacial score (nSPS) is 11.8. The summed E-state index contributed by atoms with van der Waals surface area (Å²) in [6.07, 6.45) is 1.10. The molecule has 108 valence electrons. The van der Waals surface area contributed by atoms with Crippen LogP contribution >= 0.6 is 11.8 Å². The van der Waals surface area contributed by atoms with Gasteiger partial charge in [0.05, 0.1) is 0 Å². The Bertz CT molecular complexity index is 385. The summed E-state index contributed by atoms with van der Waals surface area (Å²) in [5, 5.41) is 3.54. The minimum Gasteiger partial charge on any atom is -0.385 e. The molecule has 0 spiro atoms. The SMILES string of the molecule is COCCCSc1ccc(CNC(C)(C)C)c(C)c1. The van der Waals surface area contributed by atoms with Gasteiger partial charge < -0.3 is 10.1 Å². The van der Waals surface area contributed by atoms with Crippen LogP contribution in [0.4, 0.5) is 0 Å². The number of hydrogen-bond acceptors (Lipinski definition) is 3. The van der Waals surface area contributed by atoms with Gasteiger partial charge in [0.1, 0.15) is 0 Å². The molecule has 0 unspecified atom stereocenters. The number of methoxy groups -OCH3 is 1. The molecule has 0 atom stereocenters. The summed E-state index contributed by atoms with van der Waals surface area (Å²) in [4.78, 5) is 1.35. The van der Waals surface area contributed by atoms with Crippen LogP contribution in [0.15, 0.2) is 23.1 Å². The van der Waals surface area contributed by atoms with Crippen molar-refractivity contribution in [2.75, 3.05) is 19.5 Å². The van der Waals surface area contributed by atoms with E-state index in [9.17, 15) is 0 Å². The Kier molecular flexibility index (Phi) is 6.90. The topological polar surface area (TPSA) is 21.3 Å². The molecular weight excluding hydrogens is 254 g/mol. The predicted molar refractivity (Wildman–Crippen MR) is 85.0 cm³/mol. The van der Waals surface area contributed by atoms with Gasteiger partial charge in [-0.1, -0.05) is 6.07 Å². The summed E-state index contributed by atoms with van der Waals surface area (Å²) in [6, 6.07) is 6.76. The molecule has 0 bridgehead atoms. The second-order valence-electron chi connectivity index (χ2n) is 5.89. The first-order valence-corrected chi connectivity index (χ1v) is 7.87. The van der Waals surface area contributed by atoms with Crippen LogP contribution in [0.5, 0.6) is 0 Å². The second-order valence-corrected chi connectivity index (χ2v) is 7.05. The molecule has 0 aliphatic rings. The van der Waals surface area contributed by atoms with E-state index in [0.29, 0.717) is 0 Å². The van der Waals surface area contributed by atoms with Crippen molar-refractivity contribution in [2.45, 2.75) is 51.1 Å². The highest BCUT2D eigenvalue weighted by Gasteiger charge is 2.09. The fraction of sp³-hybridized carbons (Fsp3) is 0.625. The summed E-state index contributed by atoms with van der Waals surface area (Å²) < 4.78 is 5.06. The fourth-order valence-electron chi connectivity index (χ4n) is 1.71. The number of nitrogens with one attached hydrogen (secondary N) is 1. The molecule has 0 fully saturated rings. The maximum Gasteiger partial charge on any atom is 0.0470 e. The summed E-state index contributed by atoms with van der Waals surface area (Å²) in [5.41, 5.74) is 2.92. The molecule has 0 radical (unpaired) electrons. The number of hydrogen-bond donors (Lipinski definition) is 1. The molecule has 2 nitrogen and oxygen atoms in total. The van der Waals surface area contributed by atoms with Gasteiger partial charge >= 0.3 is 0 Å². The van der Waals surface area contributed by atoms with Crippen molar-refractivity contribution in [2.24, 2.45) is 0 Å². The fourth-order valence-corrected chi connectivity index (χ4v) is 2.63. The lowest BCUT2D eigenvalue weighted by molar-refractivity contribution is 0.200. The summed E-state index contributed by atoms with van der Waals surface area (Å²) in [5.74, 6) is 1.12. The molecule has 0 saturated carbocycles. The molecule has 0 heterocycles. The van der Waals surface area contributed by atoms with Crippen molar-refractivity contribution in [3.63, 3.8) is 0 Å². The number of aryl methyl sites for hydroxylation is 1. The molecule has 0 saturated heterocycles. The Hall–Kier alpha value is -0.510. The molecule has 3 heteroatoms. The lowest BCUT2D eigenvalue weighted by atomic mass is 10.1. The second kappa shape index (κ2) is 7.93. The van der Waals surface area contributed by atoms with Crippen molar-refractivity contribution < 1.29 is 4.74 Å². The van der Waals surface area contributed by atoms with Crippen LogP contribution in [0.3, 0.4) is 0 Å². The van der Waals surface area contributed by atoms with Crippen molar-refractivity contribution in [3.05, 3.63) is 29.3 Å². The lowest BCUT2D eigenvalue weighted by Gasteiger charge is -2.21. The zero-order chi connectivity index (χ0) is 14.3. The van der Waals surface area contributed by atoms with Gasteiger partial charge in [0.15, 0.2) is 0 Å². The van der Waals surface area contributed by atoms with Gasteiger partial charge in [-0.05, 0) is 57.4 Å². The molecule has 1 aromatic carbocycles. The first kappa shape index (κ1) is 16.5. The summed E-state index contributed by atoms with van der Waals surface area (Å²) in [6.45, 7) is 10.6. The molecule has 19 heavy (non-hydrogen) atoms. The smallest absolute Gasteiger partial charge is 0.0470 e. The quantitative estimate of drug-likeness (QED) is 0.602. The maximum atomic E-state index is 5.06. The van der Waals surface area contributed by atoms with Crippen LogP contribution in [0.2, 0.25) is 0 Å². The Morgan fingerprint density at radius 2 is 2.00 bits per heavy atom. The van der Waals surface area contributed by atoms with Gasteiger partial charge in [-0.3, -0.25) is 0 Å². The van der Waals surface area contributed by atoms with Crippen molar-refractivity contribution >= 4 is 11.8 Å². The number of ether oxygens (including phenoxy) is 1. The van der Waals surface area contributed by atoms with Gasteiger partial charge in [0.25, 0.3) is 0 Å². The Labute approximate surface area is 122 Å². The molecule has 1 rings (SSSR count). The third-order valence-electron chi connectivity index (χ3n) is 2.88. The maximum absolute atomic E-state index is 5.06. The molecule has 1 N–H and O–H groups in total. The first-order valence-electron chi connectivity index (χ1n) is 6.88. The lowest BCUT2D eigenvalue weighted by Crippen LogP contribution is -2.35. The first-order chi connectivity index (χ1) is 8.92. The van der Waals surface area contributed by atoms with Crippen molar-refractivity contribution in [1.29, 1.82) is 0 Å². The highest BCUT2D eigenvalue weighted by molar-refractivity contribution is 7.99. The minimum atomic E-state index is 0.167. The van der Waals surface area contributed by atoms with Crippen LogP contribution in [0.25, 0.3) is 0 Å². The third kappa shape index (κ3) is 7.00. The molecule has 0 aliphatic heterocycles. The van der Waals surface area contributed by atoms with Gasteiger partial charge in [-0.2, -0.15) is 0 Å². The van der Waals surface area contributed by atoms with Gasteiger partial charge in [-0.25, -0.2) is 0 Å². The average Bonchev–Trinajstić information content (AvgIpc) is 2.32. The number of rotatable bonds is 7. The largest absolute Gasteiger partial charge is 0.385 e. The van der Waals surface area contributed by atoms with E-state index in [0.717, 1.165) is 25.3 Å². The van der Waals surface area contributed by atoms with Crippen molar-refractivity contribution in [1.82, 2.24) is 5.32 Å². The Morgan fingerprint density at radius 3 is 2.58 bits per heavy atom. The molecule has 0 aromatic heterocycles. The molecule has 0 amide bonds. The zero-order valence-corrected chi connectivity index (χ0v) is 13.7. The standard InChI is InChI=1S/C16H27NOS/c1-13-11-15(19-10-6-9-18-5)8-7-14(13)12-17-16(2,3)4/h7-8,11,17H,6,9-10,12H2,1-5H3. The van der Waals surface area contributed by atoms with Crippen LogP contribution < -0.4 is 5.32 Å². The van der Waals surface area contributed by atoms with E-state index in [-0.39, 0.29) is 5.54 Å². The van der Waals surface area contributed by atoms with E-state index in [4.69, 9.17) is 4.74 Å². The highest BCUT2D eigenvalue weighted by atomic mass is 32.2. The van der Waals surface area contributed by atoms with E-state index in [2.05, 4.69) is 51.2 Å². The number of thioether (sulfide) groups is 1. The summed E-state index contributed by atoms with van der Waals surface area (Å²) >= 11 is 1.91. The average molecular weight is 281 g/mol. The van der Waals surface area contributed by atoms with E-state index >= 15 is 0 Å². The number of benzene rings is 1. The van der Waals surface area contributed by atoms with Crippen LogP contribution in [0, 0.1) is 6.92 Å². The summed E-state index contributed by atoms with van der Waals surface area (Å²) in [7, 11) is 1.76. The zero-order valence-electron chi connectivity index (χ0n) is 12.9. The van der Waals surface area contributed by atoms with Gasteiger partial charge in [0, 0.05) is 36.4 Å². The third-order valence-corrected chi connectivity index (χ3v) is 3.96. The van der Waals surface area contributed by atoms with Crippen LogP contribution in [-0.2, 0) is 11.3 Å². The van der Waals surface area contributed by atoms with E-state index in [1.807, 2.05) is 11.8 Å². The highest BCUT2D eigenvalue weighted by Crippen LogP contribution is 2.22.